The molecule has 2 atom stereocenters. The number of hydrogen-bond donors (Lipinski definition) is 2. The third-order valence-electron chi connectivity index (χ3n) is 4.11. The van der Waals surface area contributed by atoms with Crippen LogP contribution in [0.15, 0.2) is 0 Å². The van der Waals surface area contributed by atoms with E-state index in [4.69, 9.17) is 0 Å². The van der Waals surface area contributed by atoms with Crippen molar-refractivity contribution in [2.75, 3.05) is 20.1 Å². The summed E-state index contributed by atoms with van der Waals surface area (Å²) < 4.78 is 0. The van der Waals surface area contributed by atoms with Gasteiger partial charge in [0, 0.05) is 12.0 Å². The quantitative estimate of drug-likeness (QED) is 0.785. The molecule has 4 heteroatoms. The molecule has 2 N–H and O–H groups in total. The lowest BCUT2D eigenvalue weighted by Crippen LogP contribution is -2.56. The smallest absolute Gasteiger partial charge is 0.226 e. The van der Waals surface area contributed by atoms with E-state index in [1.807, 2.05) is 27.8 Å². The van der Waals surface area contributed by atoms with Gasteiger partial charge in [0.05, 0.1) is 12.1 Å². The van der Waals surface area contributed by atoms with Crippen molar-refractivity contribution in [1.82, 2.24) is 10.2 Å². The number of nitrogens with one attached hydrogen (secondary N) is 1. The van der Waals surface area contributed by atoms with Gasteiger partial charge in [-0.25, -0.2) is 0 Å². The van der Waals surface area contributed by atoms with Gasteiger partial charge in [-0.1, -0.05) is 27.2 Å². The predicted octanol–water partition coefficient (Wildman–Crippen LogP) is 1.38. The largest absolute Gasteiger partial charge is 0.390 e. The first kappa shape index (κ1) is 15.4. The number of rotatable bonds is 2. The fraction of sp³-hybridized carbons (Fsp3) is 0.929. The van der Waals surface area contributed by atoms with Gasteiger partial charge in [-0.3, -0.25) is 4.79 Å². The van der Waals surface area contributed by atoms with Crippen LogP contribution in [0, 0.1) is 5.41 Å². The van der Waals surface area contributed by atoms with E-state index in [1.165, 1.54) is 0 Å². The molecule has 0 aromatic rings. The number of hydrogen-bond acceptors (Lipinski definition) is 3. The number of likely N-dealkylation sites (N-methyl/N-ethyl adjacent to an activating group) is 1. The summed E-state index contributed by atoms with van der Waals surface area (Å²) >= 11 is 0. The van der Waals surface area contributed by atoms with Crippen molar-refractivity contribution >= 4 is 5.91 Å². The van der Waals surface area contributed by atoms with Gasteiger partial charge in [0.1, 0.15) is 0 Å². The Labute approximate surface area is 111 Å². The van der Waals surface area contributed by atoms with E-state index in [-0.39, 0.29) is 17.4 Å². The van der Waals surface area contributed by atoms with Crippen LogP contribution in [0.25, 0.3) is 0 Å². The second-order valence-electron chi connectivity index (χ2n) is 5.61. The Bertz CT molecular complexity index is 277. The van der Waals surface area contributed by atoms with E-state index >= 15 is 0 Å². The predicted molar refractivity (Wildman–Crippen MR) is 73.4 cm³/mol. The third kappa shape index (κ3) is 3.45. The molecule has 2 aliphatic rings. The highest BCUT2D eigenvalue weighted by Gasteiger charge is 2.41. The molecule has 1 amide bonds. The van der Waals surface area contributed by atoms with Gasteiger partial charge in [0.15, 0.2) is 0 Å². The first-order valence-corrected chi connectivity index (χ1v) is 7.19. The monoisotopic (exact) mass is 256 g/mol. The van der Waals surface area contributed by atoms with Crippen LogP contribution in [0.1, 0.15) is 46.5 Å². The fourth-order valence-electron chi connectivity index (χ4n) is 2.53. The number of amides is 1. The third-order valence-corrected chi connectivity index (χ3v) is 4.11. The Kier molecular flexibility index (Phi) is 5.60. The maximum atomic E-state index is 12.0. The van der Waals surface area contributed by atoms with Crippen molar-refractivity contribution in [2.24, 2.45) is 5.41 Å². The van der Waals surface area contributed by atoms with Crippen molar-refractivity contribution < 1.29 is 9.90 Å². The normalized spacial score (nSPS) is 30.7. The summed E-state index contributed by atoms with van der Waals surface area (Å²) in [4.78, 5) is 14.1. The molecule has 106 valence electrons. The highest BCUT2D eigenvalue weighted by Crippen LogP contribution is 2.40. The topological polar surface area (TPSA) is 52.6 Å². The van der Waals surface area contributed by atoms with Crippen LogP contribution in [-0.4, -0.2) is 48.2 Å². The molecule has 2 unspecified atom stereocenters. The van der Waals surface area contributed by atoms with Crippen molar-refractivity contribution in [3.63, 3.8) is 0 Å². The molecule has 18 heavy (non-hydrogen) atoms. The van der Waals surface area contributed by atoms with E-state index < -0.39 is 6.10 Å². The second kappa shape index (κ2) is 6.53. The second-order valence-corrected chi connectivity index (χ2v) is 5.61. The van der Waals surface area contributed by atoms with Crippen LogP contribution >= 0.6 is 0 Å². The van der Waals surface area contributed by atoms with Crippen molar-refractivity contribution in [2.45, 2.75) is 58.6 Å². The van der Waals surface area contributed by atoms with Gasteiger partial charge in [-0.15, -0.1) is 0 Å². The van der Waals surface area contributed by atoms with E-state index in [2.05, 4.69) is 10.2 Å². The Morgan fingerprint density at radius 3 is 2.44 bits per heavy atom. The lowest BCUT2D eigenvalue weighted by Gasteiger charge is -2.40. The molecule has 0 spiro atoms. The molecule has 2 fully saturated rings. The average Bonchev–Trinajstić information content (AvgIpc) is 2.32. The maximum absolute atomic E-state index is 12.0. The van der Waals surface area contributed by atoms with Crippen LogP contribution in [0.4, 0.5) is 0 Å². The minimum absolute atomic E-state index is 0.0545. The maximum Gasteiger partial charge on any atom is 0.226 e. The molecule has 1 aliphatic carbocycles. The summed E-state index contributed by atoms with van der Waals surface area (Å²) in [6.07, 6.45) is 3.55. The highest BCUT2D eigenvalue weighted by molar-refractivity contribution is 5.83. The minimum Gasteiger partial charge on any atom is -0.390 e. The summed E-state index contributed by atoms with van der Waals surface area (Å²) in [7, 11) is 1.99. The zero-order chi connectivity index (χ0) is 13.8. The van der Waals surface area contributed by atoms with E-state index in [0.717, 1.165) is 32.2 Å². The number of likely N-dealkylation sites (tertiary alicyclic amines) is 1. The summed E-state index contributed by atoms with van der Waals surface area (Å²) in [5.74, 6) is 0.132. The average molecular weight is 256 g/mol. The first-order valence-electron chi connectivity index (χ1n) is 7.19. The summed E-state index contributed by atoms with van der Waals surface area (Å²) in [5.41, 5.74) is -0.164. The van der Waals surface area contributed by atoms with Gasteiger partial charge in [0.25, 0.3) is 0 Å². The highest BCUT2D eigenvalue weighted by atomic mass is 16.3. The van der Waals surface area contributed by atoms with E-state index in [0.29, 0.717) is 6.54 Å². The number of aliphatic hydroxyl groups excluding tert-OH is 1. The van der Waals surface area contributed by atoms with Crippen molar-refractivity contribution in [3.8, 4) is 0 Å². The summed E-state index contributed by atoms with van der Waals surface area (Å²) in [6.45, 7) is 7.62. The Morgan fingerprint density at radius 2 is 2.00 bits per heavy atom. The van der Waals surface area contributed by atoms with Crippen LogP contribution in [0.5, 0.6) is 0 Å². The molecule has 0 radical (unpaired) electrons. The van der Waals surface area contributed by atoms with Gasteiger partial charge in [-0.2, -0.15) is 0 Å². The van der Waals surface area contributed by atoms with Crippen molar-refractivity contribution in [3.05, 3.63) is 0 Å². The zero-order valence-corrected chi connectivity index (χ0v) is 12.2. The van der Waals surface area contributed by atoms with Crippen LogP contribution < -0.4 is 5.32 Å². The number of aliphatic hydroxyl groups is 1. The van der Waals surface area contributed by atoms with Crippen LogP contribution in [-0.2, 0) is 4.79 Å². The molecule has 0 bridgehead atoms. The van der Waals surface area contributed by atoms with Gasteiger partial charge in [-0.05, 0) is 32.9 Å². The van der Waals surface area contributed by atoms with Crippen LogP contribution in [0.2, 0.25) is 0 Å². The Hall–Kier alpha value is -0.610. The molecule has 1 saturated heterocycles. The molecule has 1 saturated carbocycles. The molecule has 0 aromatic heterocycles. The minimum atomic E-state index is -0.425. The summed E-state index contributed by atoms with van der Waals surface area (Å²) in [6, 6.07) is -0.0545. The van der Waals surface area contributed by atoms with Gasteiger partial charge >= 0.3 is 0 Å². The Balaban J connectivity index is 0.000000771. The van der Waals surface area contributed by atoms with Gasteiger partial charge in [0.2, 0.25) is 5.91 Å². The van der Waals surface area contributed by atoms with E-state index in [9.17, 15) is 9.90 Å². The Morgan fingerprint density at radius 1 is 1.39 bits per heavy atom. The number of carbonyl (C=O) groups is 1. The molecule has 1 aliphatic heterocycles. The number of piperidine rings is 1. The van der Waals surface area contributed by atoms with Crippen LogP contribution in [0.3, 0.4) is 0 Å². The molecule has 4 nitrogen and oxygen atoms in total. The number of carbonyl (C=O) groups excluding carboxylic acids is 1. The molecule has 0 aromatic carbocycles. The van der Waals surface area contributed by atoms with E-state index in [1.54, 1.807) is 0 Å². The van der Waals surface area contributed by atoms with Crippen molar-refractivity contribution in [1.29, 1.82) is 0 Å². The molecular weight excluding hydrogens is 228 g/mol. The first-order chi connectivity index (χ1) is 8.51. The fourth-order valence-corrected chi connectivity index (χ4v) is 2.53. The lowest BCUT2D eigenvalue weighted by atomic mass is 9.69. The van der Waals surface area contributed by atoms with Gasteiger partial charge < -0.3 is 15.3 Å². The molecular formula is C14H28N2O2. The molecule has 1 heterocycles. The lowest BCUT2D eigenvalue weighted by molar-refractivity contribution is -0.136. The number of nitrogens with zero attached hydrogens (tertiary/aromatic N) is 1. The standard InChI is InChI=1S/C12H22N2O2.C2H6/c1-12(5-3-6-12)11(16)13-9-4-7-14(2)8-10(9)15;1-2/h9-10,15H,3-8H2,1-2H3,(H,13,16);1-2H3. The summed E-state index contributed by atoms with van der Waals surface area (Å²) in [5, 5.41) is 12.9. The zero-order valence-electron chi connectivity index (χ0n) is 12.2. The SMILES string of the molecule is CC.CN1CCC(NC(=O)C2(C)CCC2)C(O)C1. The number of β-amino-alcohol motifs (C(OH)–C–C–N with tert-alkyl or cyclic N) is 1. The molecule has 2 rings (SSSR count).